The minimum atomic E-state index is 0.117. The molecule has 0 unspecified atom stereocenters. The largest absolute Gasteiger partial charge is 0.381 e. The number of hydrogen-bond donors (Lipinski definition) is 0. The Morgan fingerprint density at radius 1 is 1.36 bits per heavy atom. The van der Waals surface area contributed by atoms with Crippen molar-refractivity contribution < 1.29 is 9.47 Å². The lowest BCUT2D eigenvalue weighted by Crippen LogP contribution is -2.39. The van der Waals surface area contributed by atoms with E-state index in [0.717, 1.165) is 45.1 Å². The Kier molecular flexibility index (Phi) is 4.90. The molecule has 83 valence electrons. The molecule has 1 rings (SSSR count). The Morgan fingerprint density at radius 2 is 2.00 bits per heavy atom. The van der Waals surface area contributed by atoms with Crippen molar-refractivity contribution in [3.63, 3.8) is 0 Å². The van der Waals surface area contributed by atoms with Crippen LogP contribution in [0, 0.1) is 6.92 Å². The van der Waals surface area contributed by atoms with E-state index in [4.69, 9.17) is 9.47 Å². The Balaban J connectivity index is 2.45. The molecule has 2 nitrogen and oxygen atoms in total. The molecule has 1 aliphatic carbocycles. The van der Waals surface area contributed by atoms with Gasteiger partial charge in [0, 0.05) is 13.7 Å². The van der Waals surface area contributed by atoms with E-state index in [0.29, 0.717) is 6.10 Å². The Hall–Kier alpha value is -0.0800. The van der Waals surface area contributed by atoms with Crippen LogP contribution in [0.25, 0.3) is 0 Å². The van der Waals surface area contributed by atoms with E-state index in [1.54, 1.807) is 7.11 Å². The van der Waals surface area contributed by atoms with Crippen molar-refractivity contribution in [3.05, 3.63) is 6.92 Å². The standard InChI is InChI=1S/C12H23O2/c1-4-8-12(14-5-2)9-6-11(13-3)7-10-12/h11H,1,4-10H2,2-3H3. The zero-order valence-corrected chi connectivity index (χ0v) is 9.55. The lowest BCUT2D eigenvalue weighted by Gasteiger charge is -2.39. The summed E-state index contributed by atoms with van der Waals surface area (Å²) >= 11 is 0. The third-order valence-corrected chi connectivity index (χ3v) is 3.26. The van der Waals surface area contributed by atoms with E-state index in [9.17, 15) is 0 Å². The van der Waals surface area contributed by atoms with E-state index < -0.39 is 0 Å². The molecular formula is C12H23O2. The summed E-state index contributed by atoms with van der Waals surface area (Å²) in [6.07, 6.45) is 7.06. The number of ether oxygens (including phenoxy) is 2. The van der Waals surface area contributed by atoms with Crippen molar-refractivity contribution in [2.75, 3.05) is 13.7 Å². The highest BCUT2D eigenvalue weighted by atomic mass is 16.5. The van der Waals surface area contributed by atoms with Crippen molar-refractivity contribution >= 4 is 0 Å². The fourth-order valence-corrected chi connectivity index (χ4v) is 2.45. The van der Waals surface area contributed by atoms with Gasteiger partial charge in [0.15, 0.2) is 0 Å². The predicted octanol–water partition coefficient (Wildman–Crippen LogP) is 2.96. The molecule has 0 bridgehead atoms. The van der Waals surface area contributed by atoms with Gasteiger partial charge in [-0.15, -0.1) is 0 Å². The molecule has 1 fully saturated rings. The van der Waals surface area contributed by atoms with Crippen LogP contribution < -0.4 is 0 Å². The van der Waals surface area contributed by atoms with Gasteiger partial charge >= 0.3 is 0 Å². The quantitative estimate of drug-likeness (QED) is 0.677. The normalized spacial score (nSPS) is 33.2. The highest BCUT2D eigenvalue weighted by Gasteiger charge is 2.34. The van der Waals surface area contributed by atoms with Crippen molar-refractivity contribution in [2.45, 2.75) is 57.2 Å². The predicted molar refractivity (Wildman–Crippen MR) is 58.2 cm³/mol. The van der Waals surface area contributed by atoms with Gasteiger partial charge in [-0.25, -0.2) is 0 Å². The number of methoxy groups -OCH3 is 1. The molecular weight excluding hydrogens is 176 g/mol. The average molecular weight is 199 g/mol. The fourth-order valence-electron chi connectivity index (χ4n) is 2.45. The maximum Gasteiger partial charge on any atom is 0.0684 e. The molecule has 0 saturated heterocycles. The van der Waals surface area contributed by atoms with Gasteiger partial charge in [0.2, 0.25) is 0 Å². The summed E-state index contributed by atoms with van der Waals surface area (Å²) in [7, 11) is 1.81. The van der Waals surface area contributed by atoms with Crippen LogP contribution in [-0.4, -0.2) is 25.4 Å². The zero-order valence-electron chi connectivity index (χ0n) is 9.55. The summed E-state index contributed by atoms with van der Waals surface area (Å²) in [5, 5.41) is 0. The first-order valence-corrected chi connectivity index (χ1v) is 5.72. The van der Waals surface area contributed by atoms with Crippen LogP contribution in [0.15, 0.2) is 0 Å². The molecule has 0 aromatic carbocycles. The Morgan fingerprint density at radius 3 is 2.43 bits per heavy atom. The smallest absolute Gasteiger partial charge is 0.0684 e. The summed E-state index contributed by atoms with van der Waals surface area (Å²) in [4.78, 5) is 0. The molecule has 0 aliphatic heterocycles. The van der Waals surface area contributed by atoms with Crippen molar-refractivity contribution in [1.29, 1.82) is 0 Å². The van der Waals surface area contributed by atoms with E-state index >= 15 is 0 Å². The van der Waals surface area contributed by atoms with Crippen LogP contribution in [0.2, 0.25) is 0 Å². The molecule has 1 aliphatic rings. The molecule has 0 spiro atoms. The highest BCUT2D eigenvalue weighted by molar-refractivity contribution is 4.87. The van der Waals surface area contributed by atoms with Gasteiger partial charge in [0.1, 0.15) is 0 Å². The molecule has 0 atom stereocenters. The molecule has 0 N–H and O–H groups in total. The second-order valence-electron chi connectivity index (χ2n) is 4.15. The van der Waals surface area contributed by atoms with Crippen LogP contribution in [0.3, 0.4) is 0 Å². The van der Waals surface area contributed by atoms with Gasteiger partial charge in [-0.2, -0.15) is 0 Å². The maximum absolute atomic E-state index is 5.91. The first kappa shape index (κ1) is 12.0. The first-order chi connectivity index (χ1) is 6.76. The monoisotopic (exact) mass is 199 g/mol. The summed E-state index contributed by atoms with van der Waals surface area (Å²) in [6.45, 7) is 6.83. The van der Waals surface area contributed by atoms with Crippen LogP contribution in [0.4, 0.5) is 0 Å². The highest BCUT2D eigenvalue weighted by Crippen LogP contribution is 2.36. The van der Waals surface area contributed by atoms with Crippen LogP contribution in [0.5, 0.6) is 0 Å². The maximum atomic E-state index is 5.91. The molecule has 0 heterocycles. The SMILES string of the molecule is [CH2]CCC1(OCC)CCC(OC)CC1. The van der Waals surface area contributed by atoms with Crippen molar-refractivity contribution in [3.8, 4) is 0 Å². The summed E-state index contributed by atoms with van der Waals surface area (Å²) in [5.41, 5.74) is 0.117. The summed E-state index contributed by atoms with van der Waals surface area (Å²) in [6, 6.07) is 0. The lowest BCUT2D eigenvalue weighted by molar-refractivity contribution is -0.0941. The van der Waals surface area contributed by atoms with Gasteiger partial charge in [-0.3, -0.25) is 0 Å². The van der Waals surface area contributed by atoms with E-state index in [1.165, 1.54) is 0 Å². The van der Waals surface area contributed by atoms with Gasteiger partial charge in [-0.1, -0.05) is 13.3 Å². The molecule has 2 heteroatoms. The second-order valence-corrected chi connectivity index (χ2v) is 4.15. The average Bonchev–Trinajstić information content (AvgIpc) is 2.20. The zero-order chi connectivity index (χ0) is 10.4. The van der Waals surface area contributed by atoms with E-state index in [2.05, 4.69) is 13.8 Å². The first-order valence-electron chi connectivity index (χ1n) is 5.72. The molecule has 0 aromatic rings. The molecule has 1 saturated carbocycles. The Bertz CT molecular complexity index is 140. The number of rotatable bonds is 5. The molecule has 0 aromatic heterocycles. The van der Waals surface area contributed by atoms with Gasteiger partial charge < -0.3 is 9.47 Å². The van der Waals surface area contributed by atoms with Crippen molar-refractivity contribution in [1.82, 2.24) is 0 Å². The van der Waals surface area contributed by atoms with Crippen LogP contribution in [-0.2, 0) is 9.47 Å². The van der Waals surface area contributed by atoms with Crippen molar-refractivity contribution in [2.24, 2.45) is 0 Å². The van der Waals surface area contributed by atoms with Crippen LogP contribution >= 0.6 is 0 Å². The topological polar surface area (TPSA) is 18.5 Å². The second kappa shape index (κ2) is 5.72. The summed E-state index contributed by atoms with van der Waals surface area (Å²) in [5.74, 6) is 0. The Labute approximate surface area is 88.0 Å². The molecule has 1 radical (unpaired) electrons. The van der Waals surface area contributed by atoms with Gasteiger partial charge in [-0.05, 0) is 39.0 Å². The minimum Gasteiger partial charge on any atom is -0.381 e. The third kappa shape index (κ3) is 2.96. The third-order valence-electron chi connectivity index (χ3n) is 3.26. The van der Waals surface area contributed by atoms with Crippen LogP contribution in [0.1, 0.15) is 45.4 Å². The lowest BCUT2D eigenvalue weighted by atomic mass is 9.80. The molecule has 0 amide bonds. The number of hydrogen-bond acceptors (Lipinski definition) is 2. The molecule has 14 heavy (non-hydrogen) atoms. The fraction of sp³-hybridized carbons (Fsp3) is 0.917. The van der Waals surface area contributed by atoms with E-state index in [-0.39, 0.29) is 5.60 Å². The summed E-state index contributed by atoms with van der Waals surface area (Å²) < 4.78 is 11.3. The van der Waals surface area contributed by atoms with Gasteiger partial charge in [0.05, 0.1) is 11.7 Å². The van der Waals surface area contributed by atoms with E-state index in [1.807, 2.05) is 0 Å². The van der Waals surface area contributed by atoms with Gasteiger partial charge in [0.25, 0.3) is 0 Å². The minimum absolute atomic E-state index is 0.117.